The van der Waals surface area contributed by atoms with Gasteiger partial charge in [0.25, 0.3) is 0 Å². The number of rotatable bonds is 6. The summed E-state index contributed by atoms with van der Waals surface area (Å²) in [5, 5.41) is 80.9. The van der Waals surface area contributed by atoms with Gasteiger partial charge in [-0.25, -0.2) is 0 Å². The minimum atomic E-state index is -1.71. The van der Waals surface area contributed by atoms with Crippen molar-refractivity contribution in [1.82, 2.24) is 0 Å². The van der Waals surface area contributed by atoms with E-state index in [0.29, 0.717) is 5.56 Å². The van der Waals surface area contributed by atoms with Crippen LogP contribution in [0.15, 0.2) is 51.9 Å². The fourth-order valence-electron chi connectivity index (χ4n) is 4.84. The largest absolute Gasteiger partial charge is 0.508 e. The molecule has 2 aliphatic rings. The van der Waals surface area contributed by atoms with Crippen molar-refractivity contribution < 1.29 is 64.2 Å². The molecule has 2 fully saturated rings. The Balaban J connectivity index is 1.39. The van der Waals surface area contributed by atoms with E-state index in [2.05, 4.69) is 0 Å². The van der Waals surface area contributed by atoms with Crippen LogP contribution in [-0.4, -0.2) is 109 Å². The first-order chi connectivity index (χ1) is 19.5. The molecule has 222 valence electrons. The molecule has 2 aromatic carbocycles. The zero-order chi connectivity index (χ0) is 29.6. The third-order valence-electron chi connectivity index (χ3n) is 7.18. The lowest BCUT2D eigenvalue weighted by Gasteiger charge is -2.45. The van der Waals surface area contributed by atoms with Gasteiger partial charge in [-0.15, -0.1) is 0 Å². The summed E-state index contributed by atoms with van der Waals surface area (Å²) in [5.41, 5.74) is -0.0459. The van der Waals surface area contributed by atoms with E-state index in [1.54, 1.807) is 0 Å². The topological polar surface area (TPSA) is 229 Å². The van der Waals surface area contributed by atoms with E-state index in [-0.39, 0.29) is 28.0 Å². The van der Waals surface area contributed by atoms with Gasteiger partial charge < -0.3 is 64.2 Å². The molecule has 10 unspecified atom stereocenters. The van der Waals surface area contributed by atoms with E-state index in [9.17, 15) is 45.6 Å². The Labute approximate surface area is 231 Å². The molecule has 0 spiro atoms. The second kappa shape index (κ2) is 11.5. The molecule has 3 heterocycles. The van der Waals surface area contributed by atoms with Crippen LogP contribution in [0, 0.1) is 0 Å². The maximum atomic E-state index is 13.0. The normalized spacial score (nSPS) is 34.0. The number of benzene rings is 2. The van der Waals surface area contributed by atoms with Crippen LogP contribution in [0.25, 0.3) is 22.1 Å². The summed E-state index contributed by atoms with van der Waals surface area (Å²) in [7, 11) is 0. The van der Waals surface area contributed by atoms with Crippen LogP contribution in [0.4, 0.5) is 0 Å². The number of hydrogen-bond donors (Lipinski definition) is 8. The van der Waals surface area contributed by atoms with Gasteiger partial charge in [-0.2, -0.15) is 0 Å². The minimum absolute atomic E-state index is 0.000592. The van der Waals surface area contributed by atoms with Gasteiger partial charge in [0.2, 0.25) is 11.7 Å². The predicted molar refractivity (Wildman–Crippen MR) is 137 cm³/mol. The lowest BCUT2D eigenvalue weighted by atomic mass is 9.97. The van der Waals surface area contributed by atoms with E-state index in [0.717, 1.165) is 6.07 Å². The summed E-state index contributed by atoms with van der Waals surface area (Å²) >= 11 is 0. The van der Waals surface area contributed by atoms with Crippen molar-refractivity contribution in [3.05, 3.63) is 52.9 Å². The zero-order valence-electron chi connectivity index (χ0n) is 21.5. The minimum Gasteiger partial charge on any atom is -0.508 e. The summed E-state index contributed by atoms with van der Waals surface area (Å²) in [4.78, 5) is 13.0. The highest BCUT2D eigenvalue weighted by molar-refractivity contribution is 5.88. The van der Waals surface area contributed by atoms with Gasteiger partial charge in [-0.1, -0.05) is 12.1 Å². The Bertz CT molecular complexity index is 1420. The van der Waals surface area contributed by atoms with Gasteiger partial charge in [0.1, 0.15) is 71.1 Å². The molecule has 2 saturated heterocycles. The van der Waals surface area contributed by atoms with Gasteiger partial charge >= 0.3 is 0 Å². The fraction of sp³-hybridized carbons (Fsp3) is 0.444. The molecule has 14 heteroatoms. The van der Waals surface area contributed by atoms with Crippen molar-refractivity contribution in [2.24, 2.45) is 0 Å². The number of aromatic hydroxyl groups is 2. The molecule has 2 aliphatic heterocycles. The lowest BCUT2D eigenvalue weighted by Crippen LogP contribution is -2.64. The Kier molecular flexibility index (Phi) is 8.20. The van der Waals surface area contributed by atoms with Crippen molar-refractivity contribution in [2.45, 2.75) is 68.3 Å². The Hall–Kier alpha value is -3.31. The number of phenols is 2. The molecule has 1 aromatic heterocycles. The molecule has 10 atom stereocenters. The molecule has 0 bridgehead atoms. The average molecular weight is 579 g/mol. The first-order valence-electron chi connectivity index (χ1n) is 12.7. The van der Waals surface area contributed by atoms with Gasteiger partial charge in [0, 0.05) is 12.1 Å². The first kappa shape index (κ1) is 29.2. The number of phenolic OH excluding ortho intramolecular Hbond substituents is 2. The maximum Gasteiger partial charge on any atom is 0.229 e. The summed E-state index contributed by atoms with van der Waals surface area (Å²) in [5.74, 6) is -0.563. The SMILES string of the molecule is CC1OC(OC2C(Oc3ccc(-c4coc5cc(O)cc(O)c5c4=O)cc3)OC(CO)C(O)C2O)C(O)C(O)C1O. The molecule has 8 N–H and O–H groups in total. The first-order valence-corrected chi connectivity index (χ1v) is 12.7. The molecule has 5 rings (SSSR count). The van der Waals surface area contributed by atoms with Gasteiger partial charge in [0.15, 0.2) is 12.4 Å². The summed E-state index contributed by atoms with van der Waals surface area (Å²) in [6.07, 6.45) is -13.5. The molecule has 3 aromatic rings. The molecule has 0 radical (unpaired) electrons. The van der Waals surface area contributed by atoms with Crippen molar-refractivity contribution in [2.75, 3.05) is 6.61 Å². The Morgan fingerprint density at radius 3 is 2.24 bits per heavy atom. The van der Waals surface area contributed by atoms with E-state index in [1.807, 2.05) is 0 Å². The van der Waals surface area contributed by atoms with E-state index in [4.69, 9.17) is 23.4 Å². The van der Waals surface area contributed by atoms with Gasteiger partial charge in [-0.3, -0.25) is 4.79 Å². The molecular formula is C27H30O14. The zero-order valence-corrected chi connectivity index (χ0v) is 21.5. The van der Waals surface area contributed by atoms with E-state index >= 15 is 0 Å². The summed E-state index contributed by atoms with van der Waals surface area (Å²) < 4.78 is 28.0. The third-order valence-corrected chi connectivity index (χ3v) is 7.18. The van der Waals surface area contributed by atoms with E-state index < -0.39 is 79.2 Å². The van der Waals surface area contributed by atoms with Crippen LogP contribution < -0.4 is 10.2 Å². The lowest BCUT2D eigenvalue weighted by molar-refractivity contribution is -0.354. The summed E-state index contributed by atoms with van der Waals surface area (Å²) in [6.45, 7) is 0.772. The number of fused-ring (bicyclic) bond motifs is 1. The smallest absolute Gasteiger partial charge is 0.229 e. The van der Waals surface area contributed by atoms with Crippen LogP contribution in [0.1, 0.15) is 6.92 Å². The number of aliphatic hydroxyl groups is 6. The predicted octanol–water partition coefficient (Wildman–Crippen LogP) is -1.10. The molecule has 14 nitrogen and oxygen atoms in total. The van der Waals surface area contributed by atoms with Crippen molar-refractivity contribution in [3.8, 4) is 28.4 Å². The van der Waals surface area contributed by atoms with E-state index in [1.165, 1.54) is 43.5 Å². The van der Waals surface area contributed by atoms with Gasteiger partial charge in [0.05, 0.1) is 18.3 Å². The average Bonchev–Trinajstić information content (AvgIpc) is 2.94. The maximum absolute atomic E-state index is 13.0. The van der Waals surface area contributed by atoms with Gasteiger partial charge in [-0.05, 0) is 24.6 Å². The molecule has 0 saturated carbocycles. The fourth-order valence-corrected chi connectivity index (χ4v) is 4.84. The van der Waals surface area contributed by atoms with Crippen LogP contribution in [-0.2, 0) is 14.2 Å². The molecule has 0 amide bonds. The molecular weight excluding hydrogens is 548 g/mol. The van der Waals surface area contributed by atoms with Crippen LogP contribution in [0.3, 0.4) is 0 Å². The van der Waals surface area contributed by atoms with Crippen LogP contribution in [0.2, 0.25) is 0 Å². The van der Waals surface area contributed by atoms with Crippen LogP contribution >= 0.6 is 0 Å². The standard InChI is InChI=1S/C27H30O14/c1-10-19(31)22(34)24(36)26(38-10)41-25-23(35)21(33)17(8-28)40-27(25)39-13-4-2-11(3-5-13)14-9-37-16-7-12(29)6-15(30)18(16)20(14)32/h2-7,9-10,17,19,21-31,33-36H,8H2,1H3. The highest BCUT2D eigenvalue weighted by atomic mass is 16.8. The number of aliphatic hydroxyl groups excluding tert-OH is 6. The Morgan fingerprint density at radius 1 is 0.854 bits per heavy atom. The molecule has 0 aliphatic carbocycles. The Morgan fingerprint density at radius 2 is 1.56 bits per heavy atom. The highest BCUT2D eigenvalue weighted by Gasteiger charge is 2.50. The number of ether oxygens (including phenoxy) is 4. The van der Waals surface area contributed by atoms with Crippen molar-refractivity contribution in [1.29, 1.82) is 0 Å². The quantitative estimate of drug-likeness (QED) is 0.174. The second-order valence-corrected chi connectivity index (χ2v) is 9.95. The monoisotopic (exact) mass is 578 g/mol. The van der Waals surface area contributed by atoms with Crippen molar-refractivity contribution >= 4 is 11.0 Å². The molecule has 41 heavy (non-hydrogen) atoms. The summed E-state index contributed by atoms with van der Waals surface area (Å²) in [6, 6.07) is 8.14. The van der Waals surface area contributed by atoms with Crippen LogP contribution in [0.5, 0.6) is 17.2 Å². The number of hydrogen-bond acceptors (Lipinski definition) is 14. The third kappa shape index (κ3) is 5.49. The highest BCUT2D eigenvalue weighted by Crippen LogP contribution is 2.32. The second-order valence-electron chi connectivity index (χ2n) is 9.95. The van der Waals surface area contributed by atoms with Crippen molar-refractivity contribution in [3.63, 3.8) is 0 Å².